The average molecular weight is 312 g/mol. The van der Waals surface area contributed by atoms with Crippen molar-refractivity contribution in [2.75, 3.05) is 18.4 Å². The Kier molecular flexibility index (Phi) is 4.87. The molecule has 1 N–H and O–H groups in total. The van der Waals surface area contributed by atoms with Crippen molar-refractivity contribution in [2.45, 2.75) is 31.7 Å². The van der Waals surface area contributed by atoms with Crippen molar-refractivity contribution < 1.29 is 4.79 Å². The van der Waals surface area contributed by atoms with Gasteiger partial charge in [-0.15, -0.1) is 0 Å². The molecule has 1 fully saturated rings. The van der Waals surface area contributed by atoms with Gasteiger partial charge in [0, 0.05) is 36.7 Å². The fourth-order valence-electron chi connectivity index (χ4n) is 2.89. The molecule has 2 atom stereocenters. The minimum Gasteiger partial charge on any atom is -0.293 e. The van der Waals surface area contributed by atoms with Crippen LogP contribution in [0.1, 0.15) is 31.4 Å². The lowest BCUT2D eigenvalue weighted by Crippen LogP contribution is -2.46. The maximum Gasteiger partial charge on any atom is 0.243 e. The summed E-state index contributed by atoms with van der Waals surface area (Å²) in [5.74, 6) is 0.600. The summed E-state index contributed by atoms with van der Waals surface area (Å²) in [6, 6.07) is 3.44. The van der Waals surface area contributed by atoms with Crippen LogP contribution in [0.5, 0.6) is 0 Å². The molecule has 0 spiro atoms. The number of anilines is 1. The quantitative estimate of drug-likeness (QED) is 0.920. The van der Waals surface area contributed by atoms with Crippen molar-refractivity contribution in [3.8, 4) is 0 Å². The highest BCUT2D eigenvalue weighted by Crippen LogP contribution is 2.26. The van der Waals surface area contributed by atoms with E-state index in [1.54, 1.807) is 31.0 Å². The van der Waals surface area contributed by atoms with Crippen LogP contribution in [0.15, 0.2) is 37.1 Å². The molecule has 0 aliphatic carbocycles. The largest absolute Gasteiger partial charge is 0.293 e. The average Bonchev–Trinajstić information content (AvgIpc) is 2.63. The second-order valence-electron chi connectivity index (χ2n) is 5.71. The zero-order chi connectivity index (χ0) is 16.1. The number of nitrogens with one attached hydrogen (secondary N) is 1. The lowest BCUT2D eigenvalue weighted by atomic mass is 9.93. The van der Waals surface area contributed by atoms with Gasteiger partial charge in [0.15, 0.2) is 0 Å². The van der Waals surface area contributed by atoms with E-state index in [0.717, 1.165) is 31.6 Å². The van der Waals surface area contributed by atoms with Gasteiger partial charge in [-0.1, -0.05) is 0 Å². The normalized spacial score (nSPS) is 20.0. The molecule has 7 nitrogen and oxygen atoms in total. The lowest BCUT2D eigenvalue weighted by Gasteiger charge is -2.35. The molecule has 2 aromatic rings. The number of amides is 1. The van der Waals surface area contributed by atoms with Crippen LogP contribution in [-0.2, 0) is 4.79 Å². The van der Waals surface area contributed by atoms with Gasteiger partial charge in [-0.3, -0.25) is 15.0 Å². The van der Waals surface area contributed by atoms with Gasteiger partial charge in [0.1, 0.15) is 6.33 Å². The van der Waals surface area contributed by atoms with Gasteiger partial charge >= 0.3 is 0 Å². The SMILES string of the molecule is C[C@H](C(=O)Nc1ncccn1)N1CCC[C@H](c2ccncn2)C1. The number of piperidine rings is 1. The van der Waals surface area contributed by atoms with Crippen LogP contribution in [0.4, 0.5) is 5.95 Å². The molecule has 1 amide bonds. The molecule has 120 valence electrons. The summed E-state index contributed by atoms with van der Waals surface area (Å²) in [6.45, 7) is 3.65. The molecule has 3 heterocycles. The minimum absolute atomic E-state index is 0.0838. The first-order valence-corrected chi connectivity index (χ1v) is 7.82. The van der Waals surface area contributed by atoms with Crippen molar-refractivity contribution in [1.82, 2.24) is 24.8 Å². The van der Waals surface area contributed by atoms with E-state index in [0.29, 0.717) is 11.9 Å². The molecule has 0 radical (unpaired) electrons. The predicted molar refractivity (Wildman–Crippen MR) is 85.7 cm³/mol. The van der Waals surface area contributed by atoms with Crippen LogP contribution in [-0.4, -0.2) is 49.9 Å². The van der Waals surface area contributed by atoms with E-state index >= 15 is 0 Å². The smallest absolute Gasteiger partial charge is 0.243 e. The zero-order valence-corrected chi connectivity index (χ0v) is 13.1. The monoisotopic (exact) mass is 312 g/mol. The van der Waals surface area contributed by atoms with Crippen molar-refractivity contribution in [3.05, 3.63) is 42.7 Å². The Balaban J connectivity index is 1.62. The molecule has 0 bridgehead atoms. The topological polar surface area (TPSA) is 83.9 Å². The molecular weight excluding hydrogens is 292 g/mol. The second-order valence-corrected chi connectivity index (χ2v) is 5.71. The molecule has 1 aliphatic rings. The van der Waals surface area contributed by atoms with Gasteiger partial charge in [0.25, 0.3) is 0 Å². The standard InChI is InChI=1S/C16H20N6O/c1-12(15(23)21-16-18-6-3-7-19-16)22-9-2-4-13(10-22)14-5-8-17-11-20-14/h3,5-8,11-13H,2,4,9-10H2,1H3,(H,18,19,21,23)/t12-,13+/m1/s1. The number of likely N-dealkylation sites (tertiary alicyclic amines) is 1. The number of nitrogens with zero attached hydrogens (tertiary/aromatic N) is 5. The number of carbonyl (C=O) groups is 1. The molecule has 2 aromatic heterocycles. The summed E-state index contributed by atoms with van der Waals surface area (Å²) in [7, 11) is 0. The third-order valence-electron chi connectivity index (χ3n) is 4.20. The van der Waals surface area contributed by atoms with E-state index in [4.69, 9.17) is 0 Å². The van der Waals surface area contributed by atoms with E-state index in [2.05, 4.69) is 30.2 Å². The molecule has 7 heteroatoms. The van der Waals surface area contributed by atoms with Crippen LogP contribution < -0.4 is 5.32 Å². The van der Waals surface area contributed by atoms with E-state index in [1.807, 2.05) is 13.0 Å². The molecule has 1 aliphatic heterocycles. The van der Waals surface area contributed by atoms with Crippen molar-refractivity contribution in [3.63, 3.8) is 0 Å². The maximum atomic E-state index is 12.4. The molecule has 0 saturated carbocycles. The van der Waals surface area contributed by atoms with Crippen molar-refractivity contribution in [2.24, 2.45) is 0 Å². The van der Waals surface area contributed by atoms with Gasteiger partial charge in [0.05, 0.1) is 6.04 Å². The van der Waals surface area contributed by atoms with E-state index < -0.39 is 0 Å². The summed E-state index contributed by atoms with van der Waals surface area (Å²) in [5, 5.41) is 2.77. The lowest BCUT2D eigenvalue weighted by molar-refractivity contribution is -0.121. The summed E-state index contributed by atoms with van der Waals surface area (Å²) in [4.78, 5) is 31.0. The number of hydrogen-bond donors (Lipinski definition) is 1. The second kappa shape index (κ2) is 7.23. The van der Waals surface area contributed by atoms with Crippen LogP contribution in [0.25, 0.3) is 0 Å². The predicted octanol–water partition coefficient (Wildman–Crippen LogP) is 1.47. The van der Waals surface area contributed by atoms with Crippen LogP contribution >= 0.6 is 0 Å². The number of aromatic nitrogens is 4. The Morgan fingerprint density at radius 1 is 1.30 bits per heavy atom. The van der Waals surface area contributed by atoms with Gasteiger partial charge in [-0.05, 0) is 38.4 Å². The first-order valence-electron chi connectivity index (χ1n) is 7.82. The Morgan fingerprint density at radius 3 is 2.87 bits per heavy atom. The first-order chi connectivity index (χ1) is 11.2. The molecule has 1 saturated heterocycles. The Bertz CT molecular complexity index is 636. The minimum atomic E-state index is -0.233. The van der Waals surface area contributed by atoms with Crippen molar-refractivity contribution in [1.29, 1.82) is 0 Å². The van der Waals surface area contributed by atoms with E-state index in [-0.39, 0.29) is 11.9 Å². The Labute approximate surface area is 135 Å². The third kappa shape index (κ3) is 3.87. The molecule has 0 aromatic carbocycles. The fraction of sp³-hybridized carbons (Fsp3) is 0.438. The molecule has 0 unspecified atom stereocenters. The molecule has 23 heavy (non-hydrogen) atoms. The molecule has 3 rings (SSSR count). The Morgan fingerprint density at radius 2 is 2.13 bits per heavy atom. The van der Waals surface area contributed by atoms with Crippen LogP contribution in [0, 0.1) is 0 Å². The van der Waals surface area contributed by atoms with Crippen LogP contribution in [0.3, 0.4) is 0 Å². The van der Waals surface area contributed by atoms with E-state index in [9.17, 15) is 4.79 Å². The number of carbonyl (C=O) groups excluding carboxylic acids is 1. The number of hydrogen-bond acceptors (Lipinski definition) is 6. The summed E-state index contributed by atoms with van der Waals surface area (Å²) in [5.41, 5.74) is 1.05. The third-order valence-corrected chi connectivity index (χ3v) is 4.20. The van der Waals surface area contributed by atoms with Gasteiger partial charge < -0.3 is 0 Å². The highest BCUT2D eigenvalue weighted by molar-refractivity contribution is 5.93. The van der Waals surface area contributed by atoms with Gasteiger partial charge in [-0.2, -0.15) is 0 Å². The van der Waals surface area contributed by atoms with Crippen LogP contribution in [0.2, 0.25) is 0 Å². The fourth-order valence-corrected chi connectivity index (χ4v) is 2.89. The van der Waals surface area contributed by atoms with Gasteiger partial charge in [0.2, 0.25) is 11.9 Å². The summed E-state index contributed by atoms with van der Waals surface area (Å²) in [6.07, 6.45) is 8.71. The summed E-state index contributed by atoms with van der Waals surface area (Å²) < 4.78 is 0. The van der Waals surface area contributed by atoms with Crippen molar-refractivity contribution >= 4 is 11.9 Å². The molecular formula is C16H20N6O. The van der Waals surface area contributed by atoms with Gasteiger partial charge in [-0.25, -0.2) is 19.9 Å². The highest BCUT2D eigenvalue weighted by Gasteiger charge is 2.28. The van der Waals surface area contributed by atoms with E-state index in [1.165, 1.54) is 0 Å². The number of rotatable bonds is 4. The highest BCUT2D eigenvalue weighted by atomic mass is 16.2. The Hall–Kier alpha value is -2.41. The zero-order valence-electron chi connectivity index (χ0n) is 13.1. The first kappa shape index (κ1) is 15.5. The summed E-state index contributed by atoms with van der Waals surface area (Å²) >= 11 is 0. The maximum absolute atomic E-state index is 12.4.